The molecule has 0 heterocycles. The predicted molar refractivity (Wildman–Crippen MR) is 158 cm³/mol. The molecule has 0 amide bonds. The third-order valence-corrected chi connectivity index (χ3v) is 5.51. The van der Waals surface area contributed by atoms with E-state index in [0.717, 1.165) is 52.1 Å². The van der Waals surface area contributed by atoms with E-state index in [1.807, 2.05) is 24.3 Å². The van der Waals surface area contributed by atoms with Gasteiger partial charge in [-0.3, -0.25) is 4.79 Å². The largest absolute Gasteiger partial charge is 0.381 e. The van der Waals surface area contributed by atoms with Crippen LogP contribution in [-0.4, -0.2) is 31.6 Å². The molecule has 0 spiro atoms. The topological polar surface area (TPSA) is 35.5 Å². The fraction of sp³-hybridized carbons (Fsp3) is 0.242. The maximum absolute atomic E-state index is 8.72. The molecule has 0 aliphatic carbocycles. The lowest BCUT2D eigenvalue weighted by molar-refractivity contribution is 0.140. The predicted octanol–water partition coefficient (Wildman–Crippen LogP) is 7.55. The van der Waals surface area contributed by atoms with Crippen molar-refractivity contribution >= 4 is 21.1 Å². The summed E-state index contributed by atoms with van der Waals surface area (Å²) in [7, 11) is 0. The monoisotopic (exact) mass is 560 g/mol. The first-order valence-corrected chi connectivity index (χ1v) is 13.6. The Labute approximate surface area is 230 Å². The van der Waals surface area contributed by atoms with Crippen LogP contribution >= 0.6 is 15.9 Å². The van der Waals surface area contributed by atoms with Crippen molar-refractivity contribution in [2.75, 3.05) is 26.4 Å². The zero-order valence-electron chi connectivity index (χ0n) is 21.4. The fourth-order valence-electron chi connectivity index (χ4n) is 3.54. The first kappa shape index (κ1) is 30.2. The molecule has 0 fully saturated rings. The van der Waals surface area contributed by atoms with Crippen molar-refractivity contribution in [1.29, 1.82) is 0 Å². The van der Waals surface area contributed by atoms with Crippen molar-refractivity contribution < 1.29 is 14.3 Å². The van der Waals surface area contributed by atoms with Gasteiger partial charge in [-0.25, -0.2) is 0 Å². The van der Waals surface area contributed by atoms with E-state index in [-0.39, 0.29) is 0 Å². The molecule has 0 saturated carbocycles. The number of benzene rings is 4. The Hall–Kier alpha value is -3.05. The Morgan fingerprint density at radius 2 is 0.622 bits per heavy atom. The van der Waals surface area contributed by atoms with Gasteiger partial charge in [0, 0.05) is 0 Å². The normalized spacial score (nSPS) is 9.86. The van der Waals surface area contributed by atoms with E-state index in [2.05, 4.69) is 113 Å². The Kier molecular flexibility index (Phi) is 17.2. The molecule has 3 nitrogen and oxygen atoms in total. The summed E-state index contributed by atoms with van der Waals surface area (Å²) >= 11 is 2.47. The number of hydrogen-bond acceptors (Lipinski definition) is 3. The molecule has 0 aromatic heterocycles. The second-order valence-electron chi connectivity index (χ2n) is 8.26. The molecule has 4 aromatic carbocycles. The van der Waals surface area contributed by atoms with Crippen LogP contribution < -0.4 is 0 Å². The molecular weight excluding hydrogens is 524 g/mol. The highest BCUT2D eigenvalue weighted by molar-refractivity contribution is 9.17. The highest BCUT2D eigenvalue weighted by Gasteiger charge is 1.95. The second kappa shape index (κ2) is 21.1. The van der Waals surface area contributed by atoms with Gasteiger partial charge in [-0.2, -0.15) is 0 Å². The maximum Gasteiger partial charge on any atom is 0.185 e. The minimum Gasteiger partial charge on any atom is -0.381 e. The van der Waals surface area contributed by atoms with Crippen LogP contribution in [0.3, 0.4) is 0 Å². The van der Waals surface area contributed by atoms with Crippen molar-refractivity contribution in [3.05, 3.63) is 144 Å². The van der Waals surface area contributed by atoms with E-state index in [4.69, 9.17) is 14.3 Å². The van der Waals surface area contributed by atoms with Crippen LogP contribution in [-0.2, 0) is 40.0 Å². The third kappa shape index (κ3) is 15.6. The smallest absolute Gasteiger partial charge is 0.185 e. The standard InChI is InChI=1S/2C16H18O.CHBrO/c2*1-3-7-15(8-4-1)11-13-17-14-12-16-9-5-2-6-10-16;2-1-3/h2*1-10H,11-14H2;1H. The summed E-state index contributed by atoms with van der Waals surface area (Å²) in [6.07, 6.45) is 3.98. The van der Waals surface area contributed by atoms with Gasteiger partial charge >= 0.3 is 0 Å². The van der Waals surface area contributed by atoms with Gasteiger partial charge in [0.05, 0.1) is 26.4 Å². The zero-order valence-corrected chi connectivity index (χ0v) is 23.0. The minimum absolute atomic E-state index is 0.562. The molecule has 0 aliphatic heterocycles. The van der Waals surface area contributed by atoms with Crippen LogP contribution in [0.4, 0.5) is 0 Å². The van der Waals surface area contributed by atoms with Crippen LogP contribution in [0.1, 0.15) is 22.3 Å². The quantitative estimate of drug-likeness (QED) is 0.102. The Morgan fingerprint density at radius 1 is 0.432 bits per heavy atom. The van der Waals surface area contributed by atoms with Crippen molar-refractivity contribution in [2.24, 2.45) is 0 Å². The fourth-order valence-corrected chi connectivity index (χ4v) is 3.54. The molecule has 4 aromatic rings. The number of halogens is 1. The summed E-state index contributed by atoms with van der Waals surface area (Å²) in [6, 6.07) is 41.8. The van der Waals surface area contributed by atoms with E-state index in [9.17, 15) is 0 Å². The van der Waals surface area contributed by atoms with Crippen LogP contribution in [0.2, 0.25) is 0 Å². The van der Waals surface area contributed by atoms with Crippen LogP contribution in [0.25, 0.3) is 0 Å². The number of ether oxygens (including phenoxy) is 2. The van der Waals surface area contributed by atoms with Crippen molar-refractivity contribution in [3.63, 3.8) is 0 Å². The first-order chi connectivity index (χ1) is 18.3. The molecule has 4 rings (SSSR count). The lowest BCUT2D eigenvalue weighted by atomic mass is 10.1. The summed E-state index contributed by atoms with van der Waals surface area (Å²) in [5.74, 6) is 0. The highest BCUT2D eigenvalue weighted by atomic mass is 79.9. The van der Waals surface area contributed by atoms with Gasteiger partial charge in [0.1, 0.15) is 0 Å². The van der Waals surface area contributed by atoms with Gasteiger partial charge in [-0.15, -0.1) is 0 Å². The Balaban J connectivity index is 0.000000235. The van der Waals surface area contributed by atoms with Crippen molar-refractivity contribution in [3.8, 4) is 0 Å². The number of hydrogen-bond donors (Lipinski definition) is 0. The van der Waals surface area contributed by atoms with E-state index >= 15 is 0 Å². The maximum atomic E-state index is 8.72. The van der Waals surface area contributed by atoms with Gasteiger partial charge < -0.3 is 9.47 Å². The van der Waals surface area contributed by atoms with Gasteiger partial charge in [0.2, 0.25) is 0 Å². The summed E-state index contributed by atoms with van der Waals surface area (Å²) in [6.45, 7) is 3.21. The Bertz CT molecular complexity index is 874. The molecule has 0 unspecified atom stereocenters. The Morgan fingerprint density at radius 3 is 0.811 bits per heavy atom. The molecule has 4 heteroatoms. The van der Waals surface area contributed by atoms with Gasteiger partial charge in [0.25, 0.3) is 0 Å². The van der Waals surface area contributed by atoms with E-state index < -0.39 is 0 Å². The molecule has 0 radical (unpaired) electrons. The number of rotatable bonds is 12. The second-order valence-corrected chi connectivity index (χ2v) is 8.63. The average Bonchev–Trinajstić information content (AvgIpc) is 2.96. The first-order valence-electron chi connectivity index (χ1n) is 12.7. The van der Waals surface area contributed by atoms with Gasteiger partial charge in [-0.1, -0.05) is 121 Å². The molecule has 0 N–H and O–H groups in total. The number of carbonyl (C=O) groups is 1. The number of carbonyl (C=O) groups excluding carboxylic acids is 1. The summed E-state index contributed by atoms with van der Waals surface area (Å²) in [4.78, 5) is 8.72. The van der Waals surface area contributed by atoms with Gasteiger partial charge in [0.15, 0.2) is 5.20 Å². The molecule has 37 heavy (non-hydrogen) atoms. The van der Waals surface area contributed by atoms with Gasteiger partial charge in [-0.05, 0) is 63.9 Å². The molecule has 0 aliphatic rings. The average molecular weight is 562 g/mol. The van der Waals surface area contributed by atoms with Crippen LogP contribution in [0.15, 0.2) is 121 Å². The summed E-state index contributed by atoms with van der Waals surface area (Å²) in [5, 5.41) is 0.562. The summed E-state index contributed by atoms with van der Waals surface area (Å²) < 4.78 is 11.3. The SMILES string of the molecule is O=CBr.c1ccc(CCOCCc2ccccc2)cc1.c1ccc(CCOCCc2ccccc2)cc1. The summed E-state index contributed by atoms with van der Waals surface area (Å²) in [5.41, 5.74) is 5.36. The minimum atomic E-state index is 0.562. The van der Waals surface area contributed by atoms with Crippen LogP contribution in [0, 0.1) is 0 Å². The lowest BCUT2D eigenvalue weighted by Crippen LogP contribution is -2.02. The van der Waals surface area contributed by atoms with E-state index in [1.54, 1.807) is 0 Å². The van der Waals surface area contributed by atoms with Crippen molar-refractivity contribution in [2.45, 2.75) is 25.7 Å². The lowest BCUT2D eigenvalue weighted by Gasteiger charge is -2.04. The van der Waals surface area contributed by atoms with Crippen LogP contribution in [0.5, 0.6) is 0 Å². The molecule has 0 atom stereocenters. The van der Waals surface area contributed by atoms with E-state index in [0.29, 0.717) is 5.20 Å². The molecular formula is C33H37BrO3. The highest BCUT2D eigenvalue weighted by Crippen LogP contribution is 2.03. The molecule has 0 saturated heterocycles. The molecule has 0 bridgehead atoms. The molecule has 194 valence electrons. The van der Waals surface area contributed by atoms with E-state index in [1.165, 1.54) is 22.3 Å². The van der Waals surface area contributed by atoms with Crippen molar-refractivity contribution in [1.82, 2.24) is 0 Å². The zero-order chi connectivity index (χ0) is 26.2. The third-order valence-electron chi connectivity index (χ3n) is 5.51.